The van der Waals surface area contributed by atoms with Crippen molar-refractivity contribution in [3.8, 4) is 11.1 Å². The molecule has 5 aromatic rings. The largest absolute Gasteiger partial charge is 0.364 e. The summed E-state index contributed by atoms with van der Waals surface area (Å²) in [6, 6.07) is 29.4. The van der Waals surface area contributed by atoms with Gasteiger partial charge in [0.25, 0.3) is 11.8 Å². The maximum absolute atomic E-state index is 14.2. The Bertz CT molecular complexity index is 1690. The number of benzene rings is 3. The molecule has 45 heavy (non-hydrogen) atoms. The van der Waals surface area contributed by atoms with E-state index in [1.165, 1.54) is 0 Å². The number of hydrogen-bond acceptors (Lipinski definition) is 5. The minimum absolute atomic E-state index is 0. The lowest BCUT2D eigenvalue weighted by Crippen LogP contribution is -2.37. The van der Waals surface area contributed by atoms with Crippen LogP contribution in [0.1, 0.15) is 37.7 Å². The quantitative estimate of drug-likeness (QED) is 0.210. The van der Waals surface area contributed by atoms with Crippen LogP contribution in [0.25, 0.3) is 11.1 Å². The number of hydrogen-bond donors (Lipinski definition) is 1. The number of aromatic amines is 1. The summed E-state index contributed by atoms with van der Waals surface area (Å²) in [6.07, 6.45) is 5.22. The molecule has 1 N–H and O–H groups in total. The molecule has 0 saturated heterocycles. The molecule has 234 valence electrons. The van der Waals surface area contributed by atoms with Crippen LogP contribution in [0.3, 0.4) is 0 Å². The van der Waals surface area contributed by atoms with Crippen LogP contribution in [0, 0.1) is 0 Å². The molecule has 0 fully saturated rings. The van der Waals surface area contributed by atoms with Crippen LogP contribution in [-0.2, 0) is 19.6 Å². The zero-order valence-corrected chi connectivity index (χ0v) is 27.2. The van der Waals surface area contributed by atoms with Gasteiger partial charge in [0, 0.05) is 44.8 Å². The lowest BCUT2D eigenvalue weighted by atomic mass is 10.0. The molecular formula is C34H35Cl3N6O2. The lowest BCUT2D eigenvalue weighted by Gasteiger charge is -2.25. The molecule has 0 aliphatic carbocycles. The summed E-state index contributed by atoms with van der Waals surface area (Å²) in [5, 5.41) is 0. The van der Waals surface area contributed by atoms with Gasteiger partial charge in [-0.15, -0.1) is 37.2 Å². The van der Waals surface area contributed by atoms with Crippen LogP contribution in [-0.4, -0.2) is 56.7 Å². The van der Waals surface area contributed by atoms with E-state index in [2.05, 4.69) is 50.2 Å². The molecule has 2 amide bonds. The summed E-state index contributed by atoms with van der Waals surface area (Å²) in [6.45, 7) is 2.57. The second-order valence-corrected chi connectivity index (χ2v) is 10.5. The normalized spacial score (nSPS) is 12.0. The molecule has 2 aromatic heterocycles. The SMILES string of the molecule is CN(Cc1ccccn1)C(=O)c1ccccc1C(=O)N1CCN(Cc2cnc[nH]2)c2ccc(-c3ccccc3)cc2C1.Cl.Cl.Cl. The van der Waals surface area contributed by atoms with E-state index in [4.69, 9.17) is 0 Å². The average Bonchev–Trinajstić information content (AvgIpc) is 3.49. The van der Waals surface area contributed by atoms with Gasteiger partial charge in [-0.1, -0.05) is 54.6 Å². The Balaban J connectivity index is 0.00000184. The number of halogens is 3. The highest BCUT2D eigenvalue weighted by atomic mass is 35.5. The van der Waals surface area contributed by atoms with Gasteiger partial charge in [-0.2, -0.15) is 0 Å². The number of nitrogens with zero attached hydrogens (tertiary/aromatic N) is 5. The van der Waals surface area contributed by atoms with Crippen molar-refractivity contribution in [1.29, 1.82) is 0 Å². The zero-order valence-electron chi connectivity index (χ0n) is 24.7. The molecular weight excluding hydrogens is 631 g/mol. The predicted octanol–water partition coefficient (Wildman–Crippen LogP) is 6.67. The van der Waals surface area contributed by atoms with Crippen molar-refractivity contribution in [1.82, 2.24) is 24.8 Å². The van der Waals surface area contributed by atoms with Crippen molar-refractivity contribution in [3.63, 3.8) is 0 Å². The monoisotopic (exact) mass is 664 g/mol. The van der Waals surface area contributed by atoms with Gasteiger partial charge < -0.3 is 19.7 Å². The second kappa shape index (κ2) is 16.1. The van der Waals surface area contributed by atoms with Crippen molar-refractivity contribution >= 4 is 54.7 Å². The molecule has 3 aromatic carbocycles. The van der Waals surface area contributed by atoms with Gasteiger partial charge in [-0.05, 0) is 53.1 Å². The average molecular weight is 666 g/mol. The van der Waals surface area contributed by atoms with E-state index in [9.17, 15) is 9.59 Å². The number of amides is 2. The summed E-state index contributed by atoms with van der Waals surface area (Å²) in [4.78, 5) is 45.2. The Kier molecular flexibility index (Phi) is 12.6. The number of fused-ring (bicyclic) bond motifs is 1. The van der Waals surface area contributed by atoms with Gasteiger partial charge in [0.05, 0.1) is 41.9 Å². The van der Waals surface area contributed by atoms with Crippen molar-refractivity contribution in [2.24, 2.45) is 0 Å². The van der Waals surface area contributed by atoms with Crippen LogP contribution in [0.2, 0.25) is 0 Å². The van der Waals surface area contributed by atoms with Crippen LogP contribution in [0.15, 0.2) is 110 Å². The van der Waals surface area contributed by atoms with E-state index in [0.717, 1.165) is 33.8 Å². The first-order valence-electron chi connectivity index (χ1n) is 14.0. The van der Waals surface area contributed by atoms with Crippen molar-refractivity contribution < 1.29 is 9.59 Å². The zero-order chi connectivity index (χ0) is 28.9. The van der Waals surface area contributed by atoms with E-state index in [1.807, 2.05) is 53.6 Å². The fraction of sp³-hybridized carbons (Fsp3) is 0.176. The summed E-state index contributed by atoms with van der Waals surface area (Å²) >= 11 is 0. The summed E-state index contributed by atoms with van der Waals surface area (Å²) in [5.74, 6) is -0.378. The van der Waals surface area contributed by atoms with E-state index in [0.29, 0.717) is 43.9 Å². The number of aromatic nitrogens is 3. The third-order valence-electron chi connectivity index (χ3n) is 7.59. The van der Waals surface area contributed by atoms with Gasteiger partial charge >= 0.3 is 0 Å². The van der Waals surface area contributed by atoms with Gasteiger partial charge in [0.2, 0.25) is 0 Å². The molecule has 1 aliphatic rings. The van der Waals surface area contributed by atoms with Crippen molar-refractivity contribution in [2.75, 3.05) is 25.0 Å². The van der Waals surface area contributed by atoms with Crippen LogP contribution < -0.4 is 4.90 Å². The summed E-state index contributed by atoms with van der Waals surface area (Å²) < 4.78 is 0. The molecule has 1 aliphatic heterocycles. The standard InChI is InChI=1S/C34H32N6O2.3ClH/c1-38(22-28-11-7-8-16-36-28)33(41)30-12-5-6-13-31(30)34(42)40-18-17-39(23-29-20-35-24-37-29)32-15-14-26(19-27(32)21-40)25-9-3-2-4-10-25;;;/h2-16,19-20,24H,17-18,21-23H2,1H3,(H,35,37);3*1H. The molecule has 8 nitrogen and oxygen atoms in total. The maximum Gasteiger partial charge on any atom is 0.255 e. The first-order valence-corrected chi connectivity index (χ1v) is 14.0. The highest BCUT2D eigenvalue weighted by molar-refractivity contribution is 6.07. The van der Waals surface area contributed by atoms with Gasteiger partial charge in [0.1, 0.15) is 0 Å². The molecule has 11 heteroatoms. The fourth-order valence-electron chi connectivity index (χ4n) is 5.43. The first kappa shape index (κ1) is 35.1. The lowest BCUT2D eigenvalue weighted by molar-refractivity contribution is 0.0725. The number of carbonyl (C=O) groups is 2. The van der Waals surface area contributed by atoms with Crippen molar-refractivity contribution in [3.05, 3.63) is 138 Å². The Morgan fingerprint density at radius 2 is 1.58 bits per heavy atom. The maximum atomic E-state index is 14.2. The third kappa shape index (κ3) is 8.02. The van der Waals surface area contributed by atoms with E-state index in [1.54, 1.807) is 42.7 Å². The number of rotatable bonds is 7. The van der Waals surface area contributed by atoms with Gasteiger partial charge in [-0.25, -0.2) is 4.98 Å². The molecule has 0 saturated carbocycles. The Morgan fingerprint density at radius 1 is 0.844 bits per heavy atom. The molecule has 0 atom stereocenters. The van der Waals surface area contributed by atoms with Crippen LogP contribution in [0.4, 0.5) is 5.69 Å². The molecule has 0 spiro atoms. The number of carbonyl (C=O) groups excluding carboxylic acids is 2. The summed E-state index contributed by atoms with van der Waals surface area (Å²) in [7, 11) is 1.74. The first-order chi connectivity index (χ1) is 20.6. The highest BCUT2D eigenvalue weighted by Gasteiger charge is 2.28. The fourth-order valence-corrected chi connectivity index (χ4v) is 5.43. The molecule has 6 rings (SSSR count). The Morgan fingerprint density at radius 3 is 2.29 bits per heavy atom. The molecule has 0 radical (unpaired) electrons. The number of H-pyrrole nitrogens is 1. The van der Waals surface area contributed by atoms with Crippen LogP contribution in [0.5, 0.6) is 0 Å². The smallest absolute Gasteiger partial charge is 0.255 e. The van der Waals surface area contributed by atoms with Gasteiger partial charge in [0.15, 0.2) is 0 Å². The van der Waals surface area contributed by atoms with E-state index >= 15 is 0 Å². The molecule has 0 unspecified atom stereocenters. The number of pyridine rings is 1. The minimum Gasteiger partial charge on any atom is -0.364 e. The number of imidazole rings is 1. The predicted molar refractivity (Wildman–Crippen MR) is 184 cm³/mol. The Labute approximate surface area is 281 Å². The summed E-state index contributed by atoms with van der Waals surface area (Å²) in [5.41, 5.74) is 6.92. The number of nitrogens with one attached hydrogen (secondary N) is 1. The van der Waals surface area contributed by atoms with Crippen LogP contribution >= 0.6 is 37.2 Å². The minimum atomic E-state index is -0.216. The second-order valence-electron chi connectivity index (χ2n) is 10.5. The van der Waals surface area contributed by atoms with E-state index < -0.39 is 0 Å². The highest BCUT2D eigenvalue weighted by Crippen LogP contribution is 2.32. The third-order valence-corrected chi connectivity index (χ3v) is 7.59. The molecule has 3 heterocycles. The van der Waals surface area contributed by atoms with E-state index in [-0.39, 0.29) is 49.0 Å². The molecule has 0 bridgehead atoms. The Hall–Kier alpha value is -4.37. The van der Waals surface area contributed by atoms with Crippen molar-refractivity contribution in [2.45, 2.75) is 19.6 Å². The number of anilines is 1. The topological polar surface area (TPSA) is 85.4 Å². The van der Waals surface area contributed by atoms with Gasteiger partial charge in [-0.3, -0.25) is 14.6 Å².